The summed E-state index contributed by atoms with van der Waals surface area (Å²) >= 11 is 5.94. The minimum absolute atomic E-state index is 0.335. The minimum Gasteiger partial charge on any atom is -0.323 e. The van der Waals surface area contributed by atoms with Crippen LogP contribution < -0.4 is 5.32 Å². The smallest absolute Gasteiger partial charge is 0.247 e. The lowest BCUT2D eigenvalue weighted by atomic mass is 10.2. The van der Waals surface area contributed by atoms with Crippen LogP contribution in [0.3, 0.4) is 0 Å². The summed E-state index contributed by atoms with van der Waals surface area (Å²) in [5.74, 6) is 0.496. The lowest BCUT2D eigenvalue weighted by Crippen LogP contribution is -1.93. The molecule has 90 valence electrons. The molecule has 2 heterocycles. The Balaban J connectivity index is 1.98. The van der Waals surface area contributed by atoms with E-state index < -0.39 is 0 Å². The monoisotopic (exact) mass is 259 g/mol. The van der Waals surface area contributed by atoms with Crippen molar-refractivity contribution in [3.63, 3.8) is 0 Å². The molecule has 0 atom stereocenters. The van der Waals surface area contributed by atoms with E-state index in [0.29, 0.717) is 16.7 Å². The van der Waals surface area contributed by atoms with Crippen molar-refractivity contribution in [2.75, 3.05) is 5.32 Å². The van der Waals surface area contributed by atoms with Crippen LogP contribution in [0, 0.1) is 6.92 Å². The Morgan fingerprint density at radius 2 is 2.22 bits per heavy atom. The van der Waals surface area contributed by atoms with Gasteiger partial charge in [-0.2, -0.15) is 4.98 Å². The maximum atomic E-state index is 5.94. The molecule has 0 aliphatic rings. The fraction of sp³-hybridized carbons (Fsp3) is 0.0833. The summed E-state index contributed by atoms with van der Waals surface area (Å²) in [4.78, 5) is 8.24. The van der Waals surface area contributed by atoms with Crippen molar-refractivity contribution < 1.29 is 0 Å². The lowest BCUT2D eigenvalue weighted by molar-refractivity contribution is 0.950. The second-order valence-corrected chi connectivity index (χ2v) is 4.27. The third kappa shape index (κ3) is 2.00. The number of benzene rings is 1. The summed E-state index contributed by atoms with van der Waals surface area (Å²) in [7, 11) is 0. The molecule has 0 bridgehead atoms. The van der Waals surface area contributed by atoms with Gasteiger partial charge in [-0.25, -0.2) is 9.50 Å². The highest BCUT2D eigenvalue weighted by Crippen LogP contribution is 2.17. The second-order valence-electron chi connectivity index (χ2n) is 3.92. The molecular formula is C12H10ClN5. The molecule has 0 saturated carbocycles. The molecule has 1 N–H and O–H groups in total. The van der Waals surface area contributed by atoms with Crippen LogP contribution in [0.4, 0.5) is 11.6 Å². The molecule has 6 heteroatoms. The molecule has 1 aromatic carbocycles. The zero-order valence-corrected chi connectivity index (χ0v) is 10.4. The Hall–Kier alpha value is -2.14. The lowest BCUT2D eigenvalue weighted by Gasteiger charge is -2.01. The number of aryl methyl sites for hydroxylation is 1. The van der Waals surface area contributed by atoms with Crippen molar-refractivity contribution in [3.8, 4) is 0 Å². The molecule has 0 aliphatic heterocycles. The maximum Gasteiger partial charge on any atom is 0.247 e. The first kappa shape index (κ1) is 11.0. The number of nitrogens with zero attached hydrogens (tertiary/aromatic N) is 4. The molecule has 0 saturated heterocycles. The SMILES string of the molecule is Cc1cccc(Nc2nc3c(Cl)nccn3n2)c1. The van der Waals surface area contributed by atoms with Gasteiger partial charge in [-0.1, -0.05) is 23.7 Å². The molecule has 0 radical (unpaired) electrons. The molecule has 0 fully saturated rings. The maximum absolute atomic E-state index is 5.94. The van der Waals surface area contributed by atoms with Crippen molar-refractivity contribution in [2.45, 2.75) is 6.92 Å². The summed E-state index contributed by atoms with van der Waals surface area (Å²) in [6.45, 7) is 2.03. The molecule has 3 aromatic rings. The van der Waals surface area contributed by atoms with Gasteiger partial charge in [0, 0.05) is 18.1 Å². The van der Waals surface area contributed by atoms with Crippen LogP contribution in [-0.2, 0) is 0 Å². The zero-order valence-electron chi connectivity index (χ0n) is 9.63. The van der Waals surface area contributed by atoms with Crippen molar-refractivity contribution in [3.05, 3.63) is 47.4 Å². The minimum atomic E-state index is 0.335. The Kier molecular flexibility index (Phi) is 2.60. The third-order valence-electron chi connectivity index (χ3n) is 2.49. The van der Waals surface area contributed by atoms with Gasteiger partial charge in [0.2, 0.25) is 5.95 Å². The number of anilines is 2. The highest BCUT2D eigenvalue weighted by molar-refractivity contribution is 6.32. The van der Waals surface area contributed by atoms with Gasteiger partial charge in [-0.05, 0) is 24.6 Å². The van der Waals surface area contributed by atoms with Crippen molar-refractivity contribution in [2.24, 2.45) is 0 Å². The molecule has 0 amide bonds. The van der Waals surface area contributed by atoms with Crippen molar-refractivity contribution in [1.29, 1.82) is 0 Å². The van der Waals surface area contributed by atoms with Gasteiger partial charge in [0.1, 0.15) is 0 Å². The average Bonchev–Trinajstić information content (AvgIpc) is 2.73. The van der Waals surface area contributed by atoms with Crippen LogP contribution >= 0.6 is 11.6 Å². The van der Waals surface area contributed by atoms with Gasteiger partial charge in [-0.3, -0.25) is 0 Å². The fourth-order valence-electron chi connectivity index (χ4n) is 1.69. The highest BCUT2D eigenvalue weighted by Gasteiger charge is 2.07. The number of fused-ring (bicyclic) bond motifs is 1. The van der Waals surface area contributed by atoms with E-state index in [1.807, 2.05) is 31.2 Å². The van der Waals surface area contributed by atoms with Gasteiger partial charge < -0.3 is 5.32 Å². The normalized spacial score (nSPS) is 10.8. The van der Waals surface area contributed by atoms with E-state index in [9.17, 15) is 0 Å². The molecule has 18 heavy (non-hydrogen) atoms. The van der Waals surface area contributed by atoms with E-state index in [1.165, 1.54) is 5.56 Å². The number of aromatic nitrogens is 4. The van der Waals surface area contributed by atoms with Crippen LogP contribution in [-0.4, -0.2) is 19.6 Å². The number of nitrogens with one attached hydrogen (secondary N) is 1. The number of halogens is 1. The summed E-state index contributed by atoms with van der Waals surface area (Å²) in [5, 5.41) is 7.74. The Morgan fingerprint density at radius 1 is 1.33 bits per heavy atom. The van der Waals surface area contributed by atoms with E-state index >= 15 is 0 Å². The van der Waals surface area contributed by atoms with E-state index in [4.69, 9.17) is 11.6 Å². The Labute approximate surface area is 108 Å². The summed E-state index contributed by atoms with van der Waals surface area (Å²) in [6.07, 6.45) is 3.29. The Morgan fingerprint density at radius 3 is 3.00 bits per heavy atom. The average molecular weight is 260 g/mol. The van der Waals surface area contributed by atoms with Crippen LogP contribution in [0.25, 0.3) is 5.65 Å². The zero-order chi connectivity index (χ0) is 12.5. The number of hydrogen-bond acceptors (Lipinski definition) is 4. The van der Waals surface area contributed by atoms with Crippen LogP contribution in [0.5, 0.6) is 0 Å². The first-order valence-electron chi connectivity index (χ1n) is 5.43. The molecule has 0 unspecified atom stereocenters. The van der Waals surface area contributed by atoms with Gasteiger partial charge in [-0.15, -0.1) is 5.10 Å². The predicted molar refractivity (Wildman–Crippen MR) is 70.3 cm³/mol. The van der Waals surface area contributed by atoms with Crippen molar-refractivity contribution in [1.82, 2.24) is 19.6 Å². The third-order valence-corrected chi connectivity index (χ3v) is 2.75. The number of rotatable bonds is 2. The van der Waals surface area contributed by atoms with Gasteiger partial charge in [0.15, 0.2) is 10.8 Å². The van der Waals surface area contributed by atoms with Gasteiger partial charge in [0.25, 0.3) is 0 Å². The molecule has 0 aliphatic carbocycles. The summed E-state index contributed by atoms with van der Waals surface area (Å²) in [5.41, 5.74) is 2.65. The second kappa shape index (κ2) is 4.27. The van der Waals surface area contributed by atoms with E-state index in [-0.39, 0.29) is 0 Å². The molecule has 3 rings (SSSR count). The number of hydrogen-bond donors (Lipinski definition) is 1. The quantitative estimate of drug-likeness (QED) is 0.769. The van der Waals surface area contributed by atoms with Crippen LogP contribution in [0.1, 0.15) is 5.56 Å². The van der Waals surface area contributed by atoms with Crippen LogP contribution in [0.15, 0.2) is 36.7 Å². The molecule has 5 nitrogen and oxygen atoms in total. The van der Waals surface area contributed by atoms with Gasteiger partial charge >= 0.3 is 0 Å². The molecule has 2 aromatic heterocycles. The summed E-state index contributed by atoms with van der Waals surface area (Å²) < 4.78 is 1.59. The first-order valence-corrected chi connectivity index (χ1v) is 5.81. The van der Waals surface area contributed by atoms with E-state index in [2.05, 4.69) is 20.4 Å². The molecule has 0 spiro atoms. The van der Waals surface area contributed by atoms with E-state index in [1.54, 1.807) is 16.9 Å². The topological polar surface area (TPSA) is 55.1 Å². The van der Waals surface area contributed by atoms with Gasteiger partial charge in [0.05, 0.1) is 0 Å². The van der Waals surface area contributed by atoms with E-state index in [0.717, 1.165) is 5.69 Å². The largest absolute Gasteiger partial charge is 0.323 e. The standard InChI is InChI=1S/C12H10ClN5/c1-8-3-2-4-9(7-8)15-12-16-11-10(13)14-5-6-18(11)17-12/h2-7H,1H3,(H,15,17). The van der Waals surface area contributed by atoms with Crippen LogP contribution in [0.2, 0.25) is 5.15 Å². The summed E-state index contributed by atoms with van der Waals surface area (Å²) in [6, 6.07) is 7.98. The first-order chi connectivity index (χ1) is 8.72. The molecular weight excluding hydrogens is 250 g/mol. The fourth-order valence-corrected chi connectivity index (χ4v) is 1.88. The van der Waals surface area contributed by atoms with Crippen molar-refractivity contribution >= 4 is 28.9 Å². The predicted octanol–water partition coefficient (Wildman–Crippen LogP) is 2.83. The highest BCUT2D eigenvalue weighted by atomic mass is 35.5. The Bertz CT molecular complexity index is 707.